The average molecular weight is 1530 g/mol. The maximum absolute atomic E-state index is 13.1. The van der Waals surface area contributed by atoms with Gasteiger partial charge in [-0.1, -0.05) is 315 Å². The molecule has 0 saturated heterocycles. The van der Waals surface area contributed by atoms with Crippen molar-refractivity contribution in [3.63, 3.8) is 0 Å². The highest BCUT2D eigenvalue weighted by Gasteiger charge is 2.30. The fourth-order valence-corrected chi connectivity index (χ4v) is 12.4. The molecule has 0 aromatic rings. The van der Waals surface area contributed by atoms with E-state index in [1.54, 1.807) is 12.2 Å². The van der Waals surface area contributed by atoms with Crippen LogP contribution in [-0.4, -0.2) is 96.7 Å². The molecule has 0 aliphatic carbocycles. The highest BCUT2D eigenvalue weighted by molar-refractivity contribution is 7.47. The minimum Gasteiger partial charge on any atom is -0.462 e. The van der Waals surface area contributed by atoms with E-state index >= 15 is 0 Å². The first kappa shape index (κ1) is 101. The van der Waals surface area contributed by atoms with E-state index in [1.807, 2.05) is 12.2 Å². The van der Waals surface area contributed by atoms with Gasteiger partial charge in [0.15, 0.2) is 12.2 Å². The highest BCUT2D eigenvalue weighted by Crippen LogP contribution is 2.45. The summed E-state index contributed by atoms with van der Waals surface area (Å²) in [7, 11) is -10.00. The van der Waals surface area contributed by atoms with Crippen LogP contribution in [0, 0.1) is 0 Å². The summed E-state index contributed by atoms with van der Waals surface area (Å²) >= 11 is 0. The SMILES string of the molecule is CC/C=C\C/C=C\C/C=C\C/C=C\C/C=C\CC(=O)OC(COC(=O)CCCCCCCC/C=C\C/C=C\C/C=C\CCCCC)COP(=O)(O)OCC(O)COP(=O)(O)OCC(COC(=O)CCCCCCCC/C=C\C/C=C\C/C=C\CCCCC)OC(=O)CCCCCCCCCCCCCCC. The first-order valence-corrected chi connectivity index (χ1v) is 44.4. The topological polar surface area (TPSA) is 237 Å². The lowest BCUT2D eigenvalue weighted by Crippen LogP contribution is -2.30. The molecule has 0 rings (SSSR count). The van der Waals surface area contributed by atoms with Crippen LogP contribution < -0.4 is 0 Å². The van der Waals surface area contributed by atoms with Crippen molar-refractivity contribution in [1.82, 2.24) is 0 Å². The van der Waals surface area contributed by atoms with Gasteiger partial charge in [-0.25, -0.2) is 9.13 Å². The molecule has 3 N–H and O–H groups in total. The molecule has 106 heavy (non-hydrogen) atoms. The van der Waals surface area contributed by atoms with Crippen LogP contribution in [0.4, 0.5) is 0 Å². The minimum atomic E-state index is -5.01. The summed E-state index contributed by atoms with van der Waals surface area (Å²) in [5.74, 6) is -2.34. The third kappa shape index (κ3) is 77.4. The summed E-state index contributed by atoms with van der Waals surface area (Å²) < 4.78 is 68.5. The van der Waals surface area contributed by atoms with Gasteiger partial charge in [-0.15, -0.1) is 0 Å². The van der Waals surface area contributed by atoms with Crippen LogP contribution in [-0.2, 0) is 65.4 Å². The van der Waals surface area contributed by atoms with Gasteiger partial charge in [-0.3, -0.25) is 37.3 Å². The van der Waals surface area contributed by atoms with Gasteiger partial charge in [-0.2, -0.15) is 0 Å². The van der Waals surface area contributed by atoms with Crippen molar-refractivity contribution in [3.8, 4) is 0 Å². The van der Waals surface area contributed by atoms with E-state index in [2.05, 4.69) is 137 Å². The Balaban J connectivity index is 5.41. The number of unbranched alkanes of at least 4 members (excludes halogenated alkanes) is 30. The molecular weight excluding hydrogens is 1380 g/mol. The van der Waals surface area contributed by atoms with Crippen molar-refractivity contribution in [2.45, 2.75) is 354 Å². The monoisotopic (exact) mass is 1530 g/mol. The van der Waals surface area contributed by atoms with Crippen LogP contribution in [0.3, 0.4) is 0 Å². The largest absolute Gasteiger partial charge is 0.472 e. The second-order valence-electron chi connectivity index (χ2n) is 27.4. The van der Waals surface area contributed by atoms with E-state index in [0.717, 1.165) is 167 Å². The highest BCUT2D eigenvalue weighted by atomic mass is 31.2. The minimum absolute atomic E-state index is 0.0900. The molecule has 0 heterocycles. The Hall–Kier alpha value is -4.80. The molecule has 0 saturated carbocycles. The van der Waals surface area contributed by atoms with Gasteiger partial charge in [-0.05, 0) is 128 Å². The van der Waals surface area contributed by atoms with Crippen LogP contribution in [0.2, 0.25) is 0 Å². The summed E-state index contributed by atoms with van der Waals surface area (Å²) in [6.07, 6.45) is 88.8. The molecule has 17 nitrogen and oxygen atoms in total. The Labute approximate surface area is 644 Å². The van der Waals surface area contributed by atoms with Crippen molar-refractivity contribution in [2.75, 3.05) is 39.6 Å². The predicted molar refractivity (Wildman–Crippen MR) is 436 cm³/mol. The number of carbonyl (C=O) groups is 4. The molecule has 0 bridgehead atoms. The molecule has 5 unspecified atom stereocenters. The lowest BCUT2D eigenvalue weighted by molar-refractivity contribution is -0.161. The van der Waals surface area contributed by atoms with Gasteiger partial charge < -0.3 is 33.8 Å². The third-order valence-corrected chi connectivity index (χ3v) is 19.0. The van der Waals surface area contributed by atoms with Crippen molar-refractivity contribution >= 4 is 39.5 Å². The Bertz CT molecular complexity index is 2530. The normalized spacial score (nSPS) is 14.5. The third-order valence-electron chi connectivity index (χ3n) is 17.1. The maximum atomic E-state index is 13.1. The zero-order valence-electron chi connectivity index (χ0n) is 66.6. The van der Waals surface area contributed by atoms with Crippen molar-refractivity contribution < 1.29 is 80.2 Å². The van der Waals surface area contributed by atoms with Crippen LogP contribution in [0.25, 0.3) is 0 Å². The molecule has 608 valence electrons. The number of rotatable bonds is 77. The molecular formula is C87H148O17P2. The number of allylic oxidation sites excluding steroid dienone is 21. The van der Waals surface area contributed by atoms with E-state index in [0.29, 0.717) is 25.7 Å². The summed E-state index contributed by atoms with van der Waals surface area (Å²) in [6.45, 7) is 4.59. The molecule has 19 heteroatoms. The summed E-state index contributed by atoms with van der Waals surface area (Å²) in [5.41, 5.74) is 0. The molecule has 0 aliphatic rings. The van der Waals surface area contributed by atoms with Gasteiger partial charge in [0.1, 0.15) is 19.3 Å². The lowest BCUT2D eigenvalue weighted by atomic mass is 10.0. The summed E-state index contributed by atoms with van der Waals surface area (Å²) in [6, 6.07) is 0. The number of phosphoric ester groups is 2. The molecule has 0 spiro atoms. The van der Waals surface area contributed by atoms with Gasteiger partial charge in [0, 0.05) is 19.3 Å². The Morgan fingerprint density at radius 2 is 0.528 bits per heavy atom. The Morgan fingerprint density at radius 1 is 0.283 bits per heavy atom. The number of phosphoric acid groups is 2. The number of hydrogen-bond acceptors (Lipinski definition) is 15. The second-order valence-corrected chi connectivity index (χ2v) is 30.3. The first-order valence-electron chi connectivity index (χ1n) is 41.4. The van der Waals surface area contributed by atoms with Crippen LogP contribution in [0.15, 0.2) is 134 Å². The van der Waals surface area contributed by atoms with Gasteiger partial charge in [0.2, 0.25) is 0 Å². The van der Waals surface area contributed by atoms with Crippen LogP contribution in [0.1, 0.15) is 336 Å². The van der Waals surface area contributed by atoms with Crippen molar-refractivity contribution in [3.05, 3.63) is 134 Å². The van der Waals surface area contributed by atoms with E-state index < -0.39 is 97.5 Å². The van der Waals surface area contributed by atoms with Gasteiger partial charge in [0.25, 0.3) is 0 Å². The number of carbonyl (C=O) groups excluding carboxylic acids is 4. The number of esters is 4. The summed E-state index contributed by atoms with van der Waals surface area (Å²) in [4.78, 5) is 73.0. The van der Waals surface area contributed by atoms with E-state index in [9.17, 15) is 43.2 Å². The zero-order chi connectivity index (χ0) is 77.4. The summed E-state index contributed by atoms with van der Waals surface area (Å²) in [5, 5.41) is 10.6. The van der Waals surface area contributed by atoms with Gasteiger partial charge in [0.05, 0.1) is 32.8 Å². The maximum Gasteiger partial charge on any atom is 0.472 e. The predicted octanol–water partition coefficient (Wildman–Crippen LogP) is 24.4. The molecule has 0 aromatic heterocycles. The number of aliphatic hydroxyl groups excluding tert-OH is 1. The molecule has 0 amide bonds. The molecule has 0 aliphatic heterocycles. The second kappa shape index (κ2) is 78.3. The fourth-order valence-electron chi connectivity index (χ4n) is 10.8. The molecule has 0 fully saturated rings. The van der Waals surface area contributed by atoms with E-state index in [1.165, 1.54) is 89.9 Å². The number of aliphatic hydroxyl groups is 1. The fraction of sp³-hybridized carbons (Fsp3) is 0.701. The number of hydrogen-bond donors (Lipinski definition) is 3. The quantitative estimate of drug-likeness (QED) is 0.0169. The Kier molecular flexibility index (Phi) is 74.8. The van der Waals surface area contributed by atoms with Gasteiger partial charge >= 0.3 is 39.5 Å². The van der Waals surface area contributed by atoms with E-state index in [4.69, 9.17) is 37.0 Å². The first-order chi connectivity index (χ1) is 51.7. The Morgan fingerprint density at radius 3 is 0.858 bits per heavy atom. The van der Waals surface area contributed by atoms with Crippen LogP contribution >= 0.6 is 15.6 Å². The zero-order valence-corrected chi connectivity index (χ0v) is 68.4. The lowest BCUT2D eigenvalue weighted by Gasteiger charge is -2.21. The van der Waals surface area contributed by atoms with Crippen molar-refractivity contribution in [1.29, 1.82) is 0 Å². The number of ether oxygens (including phenoxy) is 4. The smallest absolute Gasteiger partial charge is 0.462 e. The van der Waals surface area contributed by atoms with E-state index in [-0.39, 0.29) is 25.7 Å². The molecule has 0 radical (unpaired) electrons. The van der Waals surface area contributed by atoms with Crippen molar-refractivity contribution in [2.24, 2.45) is 0 Å². The standard InChI is InChI=1S/C87H148O17P2/c1-5-9-13-17-21-25-29-33-36-38-40-42-45-48-51-55-59-63-67-71-84(89)97-77-82(103-86(91)73-69-65-61-57-53-47-32-28-24-20-16-12-8-4)79-101-105(93,94)99-75-81(88)76-100-106(95,96)102-80-83(104-87(92)74-70-66-62-58-54-50-44-35-31-27-23-19-15-11-7-3)78-98-85(90)72-68-64-60-56-52-49-46-43-41-39-37-34-30-26-22-18-14-10-6-2/h11,15,21-23,25-27,33-37,40-44,54,58,66,70,81-83,88H,5-10,12-14,16-20,24,28-32,38-39,45-53,55-57,59-65,67-69,71-80H2,1-4H3,(H,93,94)(H,95,96)/b15-11-,25-21-,26-22-,27-23-,36-33-,37-34-,42-40-,43-41-,44-35-,58-54-,70-66-. The van der Waals surface area contributed by atoms with Crippen LogP contribution in [0.5, 0.6) is 0 Å². The molecule has 5 atom stereocenters. The molecule has 0 aromatic carbocycles. The average Bonchev–Trinajstić information content (AvgIpc) is 0.903.